The fourth-order valence-corrected chi connectivity index (χ4v) is 2.77. The van der Waals surface area contributed by atoms with E-state index in [1.807, 2.05) is 0 Å². The third-order valence-corrected chi connectivity index (χ3v) is 3.87. The molecule has 18 heavy (non-hydrogen) atoms. The smallest absolute Gasteiger partial charge is 0.320 e. The first kappa shape index (κ1) is 15.1. The van der Waals surface area contributed by atoms with Gasteiger partial charge in [0, 0.05) is 0 Å². The first-order chi connectivity index (χ1) is 8.47. The van der Waals surface area contributed by atoms with Crippen LogP contribution in [-0.2, 0) is 23.9 Å². The minimum absolute atomic E-state index is 0.184. The lowest BCUT2D eigenvalue weighted by Crippen LogP contribution is -2.41. The minimum atomic E-state index is -1.36. The van der Waals surface area contributed by atoms with Crippen LogP contribution < -0.4 is 0 Å². The van der Waals surface area contributed by atoms with E-state index >= 15 is 0 Å². The van der Waals surface area contributed by atoms with Gasteiger partial charge in [-0.3, -0.25) is 14.4 Å². The minimum Gasteiger partial charge on any atom is -0.466 e. The fraction of sp³-hybridized carbons (Fsp3) is 0.750. The molecule has 102 valence electrons. The van der Waals surface area contributed by atoms with Crippen molar-refractivity contribution in [3.63, 3.8) is 0 Å². The number of Topliss-reactive ketones (excluding diaryl/α,β-unsaturated/α-hetero) is 1. The molecule has 0 heterocycles. The molecule has 0 radical (unpaired) electrons. The Morgan fingerprint density at radius 3 is 2.39 bits per heavy atom. The molecule has 0 bridgehead atoms. The summed E-state index contributed by atoms with van der Waals surface area (Å²) in [7, 11) is 0. The van der Waals surface area contributed by atoms with Crippen molar-refractivity contribution in [1.29, 1.82) is 0 Å². The van der Waals surface area contributed by atoms with Crippen molar-refractivity contribution >= 4 is 33.7 Å². The third-order valence-electron chi connectivity index (χ3n) is 3.00. The van der Waals surface area contributed by atoms with Gasteiger partial charge in [0.25, 0.3) is 0 Å². The van der Waals surface area contributed by atoms with Crippen LogP contribution in [0.3, 0.4) is 0 Å². The monoisotopic (exact) mass is 320 g/mol. The zero-order valence-corrected chi connectivity index (χ0v) is 12.1. The molecule has 1 aliphatic rings. The standard InChI is InChI=1S/C12H17BrO5/c1-3-17-9(14)7-12(11(16)18-4-2)6-5-8(13)10(12)15/h8H,3-7H2,1-2H3. The number of halogens is 1. The Morgan fingerprint density at radius 2 is 1.94 bits per heavy atom. The van der Waals surface area contributed by atoms with Gasteiger partial charge in [-0.2, -0.15) is 0 Å². The van der Waals surface area contributed by atoms with Crippen LogP contribution in [0, 0.1) is 5.41 Å². The molecule has 0 aromatic heterocycles. The highest BCUT2D eigenvalue weighted by molar-refractivity contribution is 9.10. The van der Waals surface area contributed by atoms with Gasteiger partial charge >= 0.3 is 11.9 Å². The zero-order valence-electron chi connectivity index (χ0n) is 10.5. The first-order valence-electron chi connectivity index (χ1n) is 5.99. The summed E-state index contributed by atoms with van der Waals surface area (Å²) in [6.45, 7) is 3.76. The van der Waals surface area contributed by atoms with Crippen LogP contribution in [-0.4, -0.2) is 35.8 Å². The molecule has 2 atom stereocenters. The summed E-state index contributed by atoms with van der Waals surface area (Å²) in [4.78, 5) is 35.3. The molecule has 0 aliphatic heterocycles. The van der Waals surface area contributed by atoms with Gasteiger partial charge in [-0.1, -0.05) is 15.9 Å². The number of hydrogen-bond acceptors (Lipinski definition) is 5. The number of carbonyl (C=O) groups excluding carboxylic acids is 3. The molecule has 0 saturated heterocycles. The summed E-state index contributed by atoms with van der Waals surface area (Å²) in [5.41, 5.74) is -1.36. The van der Waals surface area contributed by atoms with Gasteiger partial charge in [0.1, 0.15) is 5.41 Å². The van der Waals surface area contributed by atoms with Crippen LogP contribution in [0.5, 0.6) is 0 Å². The summed E-state index contributed by atoms with van der Waals surface area (Å²) >= 11 is 3.22. The number of carbonyl (C=O) groups is 3. The third kappa shape index (κ3) is 2.91. The van der Waals surface area contributed by atoms with E-state index in [1.54, 1.807) is 13.8 Å². The molecular weight excluding hydrogens is 304 g/mol. The van der Waals surface area contributed by atoms with Gasteiger partial charge in [-0.05, 0) is 26.7 Å². The van der Waals surface area contributed by atoms with Gasteiger partial charge < -0.3 is 9.47 Å². The number of esters is 2. The van der Waals surface area contributed by atoms with Gasteiger partial charge in [0.15, 0.2) is 5.78 Å². The quantitative estimate of drug-likeness (QED) is 0.437. The van der Waals surface area contributed by atoms with E-state index < -0.39 is 22.2 Å². The Kier molecular flexibility index (Phi) is 5.31. The van der Waals surface area contributed by atoms with Gasteiger partial charge in [-0.15, -0.1) is 0 Å². The highest BCUT2D eigenvalue weighted by atomic mass is 79.9. The van der Waals surface area contributed by atoms with E-state index in [0.29, 0.717) is 12.8 Å². The molecule has 1 fully saturated rings. The molecule has 1 saturated carbocycles. The average Bonchev–Trinajstić information content (AvgIpc) is 2.59. The lowest BCUT2D eigenvalue weighted by Gasteiger charge is -2.23. The van der Waals surface area contributed by atoms with E-state index in [2.05, 4.69) is 15.9 Å². The number of hydrogen-bond donors (Lipinski definition) is 0. The lowest BCUT2D eigenvalue weighted by atomic mass is 9.82. The Bertz CT molecular complexity index is 354. The summed E-state index contributed by atoms with van der Waals surface area (Å²) in [5, 5.41) is 0. The number of rotatable bonds is 5. The highest BCUT2D eigenvalue weighted by Gasteiger charge is 2.55. The summed E-state index contributed by atoms with van der Waals surface area (Å²) in [5.74, 6) is -1.44. The fourth-order valence-electron chi connectivity index (χ4n) is 2.11. The maximum absolute atomic E-state index is 12.1. The predicted molar refractivity (Wildman–Crippen MR) is 67.3 cm³/mol. The van der Waals surface area contributed by atoms with Crippen molar-refractivity contribution in [3.8, 4) is 0 Å². The van der Waals surface area contributed by atoms with Gasteiger partial charge in [0.2, 0.25) is 0 Å². The second-order valence-electron chi connectivity index (χ2n) is 4.15. The molecule has 1 rings (SSSR count). The molecule has 0 N–H and O–H groups in total. The number of ether oxygens (including phenoxy) is 2. The van der Waals surface area contributed by atoms with E-state index in [0.717, 1.165) is 0 Å². The Morgan fingerprint density at radius 1 is 1.33 bits per heavy atom. The maximum Gasteiger partial charge on any atom is 0.320 e. The molecular formula is C12H17BrO5. The Balaban J connectivity index is 2.92. The summed E-state index contributed by atoms with van der Waals surface area (Å²) < 4.78 is 9.77. The normalized spacial score (nSPS) is 27.1. The molecule has 5 nitrogen and oxygen atoms in total. The number of alkyl halides is 1. The summed E-state index contributed by atoms with van der Waals surface area (Å²) in [6.07, 6.45) is 0.608. The second kappa shape index (κ2) is 6.31. The van der Waals surface area contributed by atoms with Gasteiger partial charge in [-0.25, -0.2) is 0 Å². The zero-order chi connectivity index (χ0) is 13.8. The van der Waals surface area contributed by atoms with Crippen LogP contribution in [0.2, 0.25) is 0 Å². The van der Waals surface area contributed by atoms with E-state index in [1.165, 1.54) is 0 Å². The largest absolute Gasteiger partial charge is 0.466 e. The predicted octanol–water partition coefficient (Wildman–Crippen LogP) is 1.62. The van der Waals surface area contributed by atoms with Crippen molar-refractivity contribution in [3.05, 3.63) is 0 Å². The molecule has 0 spiro atoms. The SMILES string of the molecule is CCOC(=O)CC1(C(=O)OCC)CCC(Br)C1=O. The van der Waals surface area contributed by atoms with Crippen molar-refractivity contribution in [2.45, 2.75) is 37.9 Å². The molecule has 1 aliphatic carbocycles. The van der Waals surface area contributed by atoms with Crippen molar-refractivity contribution in [2.75, 3.05) is 13.2 Å². The lowest BCUT2D eigenvalue weighted by molar-refractivity contribution is -0.165. The molecule has 0 aromatic carbocycles. The van der Waals surface area contributed by atoms with Crippen molar-refractivity contribution in [2.24, 2.45) is 5.41 Å². The van der Waals surface area contributed by atoms with Crippen LogP contribution in [0.25, 0.3) is 0 Å². The van der Waals surface area contributed by atoms with Crippen molar-refractivity contribution in [1.82, 2.24) is 0 Å². The van der Waals surface area contributed by atoms with Crippen LogP contribution in [0.4, 0.5) is 0 Å². The highest BCUT2D eigenvalue weighted by Crippen LogP contribution is 2.42. The molecule has 0 aromatic rings. The average molecular weight is 321 g/mol. The van der Waals surface area contributed by atoms with E-state index in [9.17, 15) is 14.4 Å². The van der Waals surface area contributed by atoms with Crippen LogP contribution in [0.15, 0.2) is 0 Å². The first-order valence-corrected chi connectivity index (χ1v) is 6.90. The molecule has 6 heteroatoms. The Labute approximate surface area is 114 Å². The Hall–Kier alpha value is -0.910. The maximum atomic E-state index is 12.1. The van der Waals surface area contributed by atoms with Gasteiger partial charge in [0.05, 0.1) is 24.5 Å². The molecule has 2 unspecified atom stereocenters. The van der Waals surface area contributed by atoms with E-state index in [4.69, 9.17) is 9.47 Å². The van der Waals surface area contributed by atoms with Crippen LogP contribution >= 0.6 is 15.9 Å². The van der Waals surface area contributed by atoms with Crippen LogP contribution in [0.1, 0.15) is 33.1 Å². The molecule has 0 amide bonds. The summed E-state index contributed by atoms with van der Waals surface area (Å²) in [6, 6.07) is 0. The van der Waals surface area contributed by atoms with E-state index in [-0.39, 0.29) is 25.4 Å². The topological polar surface area (TPSA) is 69.7 Å². The second-order valence-corrected chi connectivity index (χ2v) is 5.26. The number of ketones is 1. The van der Waals surface area contributed by atoms with Crippen molar-refractivity contribution < 1.29 is 23.9 Å².